The average molecular weight is 634 g/mol. The van der Waals surface area contributed by atoms with Gasteiger partial charge in [0.2, 0.25) is 0 Å². The van der Waals surface area contributed by atoms with E-state index in [2.05, 4.69) is 44.8 Å². The normalized spacial score (nSPS) is 16.0. The molecule has 2 aliphatic heterocycles. The average Bonchev–Trinajstić information content (AvgIpc) is 3.23. The quantitative estimate of drug-likeness (QED) is 0.219. The fourth-order valence-electron chi connectivity index (χ4n) is 6.08. The first kappa shape index (κ1) is 30.9. The lowest BCUT2D eigenvalue weighted by atomic mass is 10.0. The van der Waals surface area contributed by atoms with Gasteiger partial charge in [0.15, 0.2) is 0 Å². The van der Waals surface area contributed by atoms with Crippen molar-refractivity contribution in [3.63, 3.8) is 0 Å². The molecule has 0 saturated carbocycles. The number of halogens is 4. The Morgan fingerprint density at radius 2 is 1.69 bits per heavy atom. The smallest absolute Gasteiger partial charge is 0.368 e. The van der Waals surface area contributed by atoms with Crippen molar-refractivity contribution < 1.29 is 18.0 Å². The predicted octanol–water partition coefficient (Wildman–Crippen LogP) is 7.64. The highest BCUT2D eigenvalue weighted by Crippen LogP contribution is 2.37. The van der Waals surface area contributed by atoms with Crippen molar-refractivity contribution in [3.05, 3.63) is 112 Å². The molecule has 234 valence electrons. The number of nitrogens with one attached hydrogen (secondary N) is 2. The van der Waals surface area contributed by atoms with Crippen LogP contribution >= 0.6 is 11.6 Å². The molecule has 1 fully saturated rings. The van der Waals surface area contributed by atoms with Crippen LogP contribution < -0.4 is 15.5 Å². The number of rotatable bonds is 7. The Balaban J connectivity index is 1.12. The van der Waals surface area contributed by atoms with Gasteiger partial charge in [0.25, 0.3) is 5.91 Å². The van der Waals surface area contributed by atoms with Gasteiger partial charge in [-0.3, -0.25) is 9.69 Å². The van der Waals surface area contributed by atoms with E-state index in [1.165, 1.54) is 17.7 Å². The number of nitrogens with zero attached hydrogens (tertiary/aromatic N) is 3. The summed E-state index contributed by atoms with van der Waals surface area (Å²) in [5.74, 6) is 0.526. The Bertz CT molecular complexity index is 1620. The fourth-order valence-corrected chi connectivity index (χ4v) is 6.28. The molecule has 1 aromatic heterocycles. The molecule has 0 atom stereocenters. The molecule has 1 amide bonds. The van der Waals surface area contributed by atoms with E-state index < -0.39 is 11.7 Å². The van der Waals surface area contributed by atoms with Crippen molar-refractivity contribution in [1.29, 1.82) is 0 Å². The van der Waals surface area contributed by atoms with Crippen molar-refractivity contribution in [2.24, 2.45) is 0 Å². The van der Waals surface area contributed by atoms with E-state index in [4.69, 9.17) is 11.6 Å². The molecule has 4 aromatic rings. The summed E-state index contributed by atoms with van der Waals surface area (Å²) < 4.78 is 41.4. The largest absolute Gasteiger partial charge is 0.416 e. The number of pyridine rings is 1. The zero-order valence-corrected chi connectivity index (χ0v) is 25.5. The summed E-state index contributed by atoms with van der Waals surface area (Å²) >= 11 is 6.10. The molecule has 3 heterocycles. The summed E-state index contributed by atoms with van der Waals surface area (Å²) in [6.45, 7) is 4.05. The van der Waals surface area contributed by atoms with Gasteiger partial charge in [0, 0.05) is 67.7 Å². The van der Waals surface area contributed by atoms with Gasteiger partial charge < -0.3 is 15.5 Å². The number of carbonyl (C=O) groups excluding carboxylic acids is 1. The molecule has 10 heteroatoms. The predicted molar refractivity (Wildman–Crippen MR) is 172 cm³/mol. The van der Waals surface area contributed by atoms with Crippen LogP contribution in [0.3, 0.4) is 0 Å². The Kier molecular flexibility index (Phi) is 9.28. The number of alkyl halides is 3. The number of carbonyl (C=O) groups is 1. The lowest BCUT2D eigenvalue weighted by molar-refractivity contribution is -0.138. The molecular weight excluding hydrogens is 599 g/mol. The van der Waals surface area contributed by atoms with Gasteiger partial charge in [0.1, 0.15) is 5.82 Å². The third kappa shape index (κ3) is 7.60. The van der Waals surface area contributed by atoms with Gasteiger partial charge in [-0.25, -0.2) is 4.98 Å². The van der Waals surface area contributed by atoms with Crippen molar-refractivity contribution in [2.75, 3.05) is 36.4 Å². The standard InChI is InChI=1S/C35H35ClF3N5O/c36-29-11-12-31(35(37,38)39)28(19-29)23-44-16-4-15-40-33-32(44)20-27(21-41-33)25-7-9-26(10-8-25)34(45)42-30-13-17-43(18-14-30)22-24-5-2-1-3-6-24/h1-3,5-12,19-21,30H,4,13-18,22-23H2,(H,40,41)(H,42,45). The van der Waals surface area contributed by atoms with Gasteiger partial charge in [-0.1, -0.05) is 54.1 Å². The molecular formula is C35H35ClF3N5O. The maximum absolute atomic E-state index is 13.8. The number of likely N-dealkylation sites (tertiary alicyclic amines) is 1. The van der Waals surface area contributed by atoms with Crippen LogP contribution in [0.1, 0.15) is 46.3 Å². The molecule has 6 nitrogen and oxygen atoms in total. The summed E-state index contributed by atoms with van der Waals surface area (Å²) in [6.07, 6.45) is -0.193. The van der Waals surface area contributed by atoms with Crippen LogP contribution in [0.15, 0.2) is 85.1 Å². The minimum absolute atomic E-state index is 0.0412. The second-order valence-corrected chi connectivity index (χ2v) is 12.1. The molecule has 1 saturated heterocycles. The van der Waals surface area contributed by atoms with Crippen LogP contribution in [0.5, 0.6) is 0 Å². The first-order chi connectivity index (χ1) is 21.7. The number of piperidine rings is 1. The van der Waals surface area contributed by atoms with E-state index in [-0.39, 0.29) is 29.1 Å². The lowest BCUT2D eigenvalue weighted by Gasteiger charge is -2.32. The van der Waals surface area contributed by atoms with Crippen LogP contribution in [0.4, 0.5) is 24.7 Å². The second-order valence-electron chi connectivity index (χ2n) is 11.7. The number of fused-ring (bicyclic) bond motifs is 1. The fraction of sp³-hybridized carbons (Fsp3) is 0.314. The Labute approximate surface area is 266 Å². The molecule has 0 spiro atoms. The highest BCUT2D eigenvalue weighted by atomic mass is 35.5. The summed E-state index contributed by atoms with van der Waals surface area (Å²) in [4.78, 5) is 22.0. The molecule has 6 rings (SSSR count). The summed E-state index contributed by atoms with van der Waals surface area (Å²) in [7, 11) is 0. The van der Waals surface area contributed by atoms with Crippen molar-refractivity contribution in [2.45, 2.75) is 44.6 Å². The number of anilines is 2. The molecule has 2 N–H and O–H groups in total. The SMILES string of the molecule is O=C(NC1CCN(Cc2ccccc2)CC1)c1ccc(-c2cnc3c(c2)N(Cc2cc(Cl)ccc2C(F)(F)F)CCCN3)cc1. The number of hydrogen-bond acceptors (Lipinski definition) is 5. The zero-order valence-electron chi connectivity index (χ0n) is 24.8. The molecule has 0 aliphatic carbocycles. The monoisotopic (exact) mass is 633 g/mol. The van der Waals surface area contributed by atoms with Crippen LogP contribution in [0, 0.1) is 0 Å². The van der Waals surface area contributed by atoms with E-state index in [1.807, 2.05) is 29.2 Å². The second kappa shape index (κ2) is 13.5. The van der Waals surface area contributed by atoms with Crippen LogP contribution in [-0.4, -0.2) is 48.0 Å². The van der Waals surface area contributed by atoms with Crippen LogP contribution in [0.2, 0.25) is 5.02 Å². The van der Waals surface area contributed by atoms with E-state index in [0.717, 1.165) is 61.8 Å². The van der Waals surface area contributed by atoms with Crippen LogP contribution in [0.25, 0.3) is 11.1 Å². The van der Waals surface area contributed by atoms with Crippen molar-refractivity contribution >= 4 is 29.0 Å². The number of amides is 1. The van der Waals surface area contributed by atoms with E-state index in [0.29, 0.717) is 24.5 Å². The highest BCUT2D eigenvalue weighted by molar-refractivity contribution is 6.30. The van der Waals surface area contributed by atoms with E-state index in [1.54, 1.807) is 18.3 Å². The third-order valence-electron chi connectivity index (χ3n) is 8.49. The van der Waals surface area contributed by atoms with Gasteiger partial charge >= 0.3 is 6.18 Å². The molecule has 3 aromatic carbocycles. The minimum atomic E-state index is -4.49. The van der Waals surface area contributed by atoms with Crippen molar-refractivity contribution in [3.8, 4) is 11.1 Å². The van der Waals surface area contributed by atoms with E-state index >= 15 is 0 Å². The minimum Gasteiger partial charge on any atom is -0.368 e. The molecule has 0 unspecified atom stereocenters. The Hall–Kier alpha value is -4.08. The first-order valence-corrected chi connectivity index (χ1v) is 15.6. The molecule has 2 aliphatic rings. The summed E-state index contributed by atoms with van der Waals surface area (Å²) in [5.41, 5.74) is 3.69. The summed E-state index contributed by atoms with van der Waals surface area (Å²) in [6, 6.07) is 23.6. The first-order valence-electron chi connectivity index (χ1n) is 15.2. The maximum Gasteiger partial charge on any atom is 0.416 e. The molecule has 0 radical (unpaired) electrons. The Morgan fingerprint density at radius 3 is 2.42 bits per heavy atom. The van der Waals surface area contributed by atoms with Gasteiger partial charge in [-0.15, -0.1) is 0 Å². The lowest BCUT2D eigenvalue weighted by Crippen LogP contribution is -2.44. The van der Waals surface area contributed by atoms with Gasteiger partial charge in [-0.2, -0.15) is 13.2 Å². The topological polar surface area (TPSA) is 60.5 Å². The Morgan fingerprint density at radius 1 is 0.933 bits per heavy atom. The zero-order chi connectivity index (χ0) is 31.4. The number of hydrogen-bond donors (Lipinski definition) is 2. The molecule has 45 heavy (non-hydrogen) atoms. The van der Waals surface area contributed by atoms with E-state index in [9.17, 15) is 18.0 Å². The number of benzene rings is 3. The maximum atomic E-state index is 13.8. The van der Waals surface area contributed by atoms with Gasteiger partial charge in [0.05, 0.1) is 11.3 Å². The third-order valence-corrected chi connectivity index (χ3v) is 8.73. The van der Waals surface area contributed by atoms with Gasteiger partial charge in [-0.05, 0) is 72.4 Å². The van der Waals surface area contributed by atoms with Crippen molar-refractivity contribution in [1.82, 2.24) is 15.2 Å². The summed E-state index contributed by atoms with van der Waals surface area (Å²) in [5, 5.41) is 6.75. The molecule has 0 bridgehead atoms. The highest BCUT2D eigenvalue weighted by Gasteiger charge is 2.34. The number of aromatic nitrogens is 1. The van der Waals surface area contributed by atoms with Crippen LogP contribution in [-0.2, 0) is 19.3 Å².